The SMILES string of the molecule is CS(=O)(=O)C([O])CCO. The third-order valence-electron chi connectivity index (χ3n) is 0.842. The smallest absolute Gasteiger partial charge is 0.195 e. The van der Waals surface area contributed by atoms with E-state index in [4.69, 9.17) is 5.11 Å². The van der Waals surface area contributed by atoms with Crippen molar-refractivity contribution in [3.8, 4) is 0 Å². The van der Waals surface area contributed by atoms with Crippen molar-refractivity contribution in [3.63, 3.8) is 0 Å². The summed E-state index contributed by atoms with van der Waals surface area (Å²) in [6.07, 6.45) is 0.638. The molecule has 0 heterocycles. The number of hydrogen-bond acceptors (Lipinski definition) is 3. The van der Waals surface area contributed by atoms with Gasteiger partial charge in [0.1, 0.15) is 0 Å². The first kappa shape index (κ1) is 8.87. The van der Waals surface area contributed by atoms with Crippen LogP contribution in [0, 0.1) is 0 Å². The average Bonchev–Trinajstić information content (AvgIpc) is 1.64. The van der Waals surface area contributed by atoms with Gasteiger partial charge < -0.3 is 5.11 Å². The molecule has 0 aliphatic carbocycles. The zero-order valence-corrected chi connectivity index (χ0v) is 5.89. The standard InChI is InChI=1S/C4H9O4S/c1-9(7,8)4(6)2-3-5/h4-5H,2-3H2,1H3. The predicted octanol–water partition coefficient (Wildman–Crippen LogP) is -0.830. The molecule has 5 heteroatoms. The fourth-order valence-electron chi connectivity index (χ4n) is 0.319. The van der Waals surface area contributed by atoms with Crippen molar-refractivity contribution >= 4 is 9.84 Å². The number of rotatable bonds is 3. The minimum atomic E-state index is -3.48. The Morgan fingerprint density at radius 3 is 2.11 bits per heavy atom. The van der Waals surface area contributed by atoms with Gasteiger partial charge in [0.15, 0.2) is 15.3 Å². The normalized spacial score (nSPS) is 15.4. The van der Waals surface area contributed by atoms with Crippen LogP contribution in [0.5, 0.6) is 0 Å². The highest BCUT2D eigenvalue weighted by Gasteiger charge is 2.17. The maximum Gasteiger partial charge on any atom is 0.195 e. The van der Waals surface area contributed by atoms with Crippen molar-refractivity contribution in [1.29, 1.82) is 0 Å². The zero-order valence-electron chi connectivity index (χ0n) is 5.07. The molecule has 0 aromatic rings. The summed E-state index contributed by atoms with van der Waals surface area (Å²) in [5.41, 5.74) is -1.66. The van der Waals surface area contributed by atoms with E-state index in [-0.39, 0.29) is 13.0 Å². The van der Waals surface area contributed by atoms with Crippen molar-refractivity contribution in [2.45, 2.75) is 11.9 Å². The van der Waals surface area contributed by atoms with Gasteiger partial charge in [-0.25, -0.2) is 13.5 Å². The van der Waals surface area contributed by atoms with Gasteiger partial charge in [-0.3, -0.25) is 0 Å². The highest BCUT2D eigenvalue weighted by molar-refractivity contribution is 7.91. The van der Waals surface area contributed by atoms with Crippen LogP contribution in [0.4, 0.5) is 0 Å². The van der Waals surface area contributed by atoms with Gasteiger partial charge in [-0.2, -0.15) is 0 Å². The summed E-state index contributed by atoms with van der Waals surface area (Å²) in [6, 6.07) is 0. The summed E-state index contributed by atoms with van der Waals surface area (Å²) >= 11 is 0. The van der Waals surface area contributed by atoms with Crippen molar-refractivity contribution in [2.24, 2.45) is 0 Å². The monoisotopic (exact) mass is 153 g/mol. The van der Waals surface area contributed by atoms with Gasteiger partial charge in [0.05, 0.1) is 0 Å². The molecule has 55 valence electrons. The van der Waals surface area contributed by atoms with Crippen LogP contribution in [-0.2, 0) is 14.9 Å². The molecule has 0 bridgehead atoms. The lowest BCUT2D eigenvalue weighted by Crippen LogP contribution is -2.18. The molecule has 0 saturated heterocycles. The lowest BCUT2D eigenvalue weighted by molar-refractivity contribution is 0.124. The molecule has 0 aliphatic heterocycles. The molecule has 0 aromatic heterocycles. The Morgan fingerprint density at radius 2 is 2.00 bits per heavy atom. The van der Waals surface area contributed by atoms with Crippen LogP contribution in [0.15, 0.2) is 0 Å². The van der Waals surface area contributed by atoms with Crippen molar-refractivity contribution in [3.05, 3.63) is 0 Å². The molecule has 0 saturated carbocycles. The van der Waals surface area contributed by atoms with E-state index >= 15 is 0 Å². The Kier molecular flexibility index (Phi) is 3.10. The van der Waals surface area contributed by atoms with Gasteiger partial charge in [-0.05, 0) is 0 Å². The Bertz CT molecular complexity index is 159. The Labute approximate surface area is 54.0 Å². The minimum Gasteiger partial charge on any atom is -0.396 e. The molecule has 0 fully saturated rings. The lowest BCUT2D eigenvalue weighted by atomic mass is 10.5. The molecular formula is C4H9O4S. The number of aliphatic hydroxyl groups is 1. The molecule has 9 heavy (non-hydrogen) atoms. The maximum atomic E-state index is 10.4. The second-order valence-electron chi connectivity index (χ2n) is 1.77. The molecule has 4 nitrogen and oxygen atoms in total. The van der Waals surface area contributed by atoms with E-state index in [1.165, 1.54) is 0 Å². The van der Waals surface area contributed by atoms with Crippen LogP contribution < -0.4 is 0 Å². The second-order valence-corrected chi connectivity index (χ2v) is 3.96. The van der Waals surface area contributed by atoms with E-state index < -0.39 is 15.3 Å². The van der Waals surface area contributed by atoms with E-state index in [1.54, 1.807) is 0 Å². The van der Waals surface area contributed by atoms with Gasteiger partial charge in [0, 0.05) is 19.3 Å². The molecule has 0 aliphatic rings. The first-order valence-corrected chi connectivity index (χ1v) is 4.39. The summed E-state index contributed by atoms with van der Waals surface area (Å²) in [5.74, 6) is 0. The van der Waals surface area contributed by atoms with Crippen LogP contribution in [0.3, 0.4) is 0 Å². The highest BCUT2D eigenvalue weighted by atomic mass is 32.2. The van der Waals surface area contributed by atoms with E-state index in [0.29, 0.717) is 0 Å². The Hall–Kier alpha value is -0.130. The van der Waals surface area contributed by atoms with E-state index in [2.05, 4.69) is 0 Å². The van der Waals surface area contributed by atoms with Crippen molar-refractivity contribution in [2.75, 3.05) is 12.9 Å². The van der Waals surface area contributed by atoms with Gasteiger partial charge in [-0.1, -0.05) is 0 Å². The maximum absolute atomic E-state index is 10.4. The first-order valence-electron chi connectivity index (χ1n) is 2.44. The Morgan fingerprint density at radius 1 is 1.56 bits per heavy atom. The van der Waals surface area contributed by atoms with Crippen LogP contribution in [0.1, 0.15) is 6.42 Å². The molecule has 0 spiro atoms. The summed E-state index contributed by atoms with van der Waals surface area (Å²) in [5, 5.41) is 18.5. The highest BCUT2D eigenvalue weighted by Crippen LogP contribution is 1.98. The molecule has 0 rings (SSSR count). The van der Waals surface area contributed by atoms with E-state index in [0.717, 1.165) is 6.26 Å². The average molecular weight is 153 g/mol. The predicted molar refractivity (Wildman–Crippen MR) is 31.0 cm³/mol. The fraction of sp³-hybridized carbons (Fsp3) is 1.00. The molecule has 0 aromatic carbocycles. The first-order chi connectivity index (χ1) is 3.98. The van der Waals surface area contributed by atoms with Gasteiger partial charge in [0.25, 0.3) is 0 Å². The molecule has 1 radical (unpaired) electrons. The van der Waals surface area contributed by atoms with Crippen LogP contribution >= 0.6 is 0 Å². The van der Waals surface area contributed by atoms with Crippen LogP contribution in [0.2, 0.25) is 0 Å². The third-order valence-corrected chi connectivity index (χ3v) is 2.03. The van der Waals surface area contributed by atoms with E-state index in [1.807, 2.05) is 0 Å². The summed E-state index contributed by atoms with van der Waals surface area (Å²) < 4.78 is 20.6. The van der Waals surface area contributed by atoms with Crippen LogP contribution in [0.25, 0.3) is 0 Å². The van der Waals surface area contributed by atoms with Crippen molar-refractivity contribution < 1.29 is 18.6 Å². The molecule has 1 atom stereocenters. The summed E-state index contributed by atoms with van der Waals surface area (Å²) in [6.45, 7) is -0.374. The third kappa shape index (κ3) is 3.45. The summed E-state index contributed by atoms with van der Waals surface area (Å²) in [7, 11) is -3.48. The summed E-state index contributed by atoms with van der Waals surface area (Å²) in [4.78, 5) is 0. The van der Waals surface area contributed by atoms with E-state index in [9.17, 15) is 13.5 Å². The Balaban J connectivity index is 3.90. The van der Waals surface area contributed by atoms with Gasteiger partial charge >= 0.3 is 0 Å². The van der Waals surface area contributed by atoms with Gasteiger partial charge in [-0.15, -0.1) is 0 Å². The lowest BCUT2D eigenvalue weighted by Gasteiger charge is -2.00. The number of aliphatic hydroxyl groups excluding tert-OH is 1. The molecule has 1 N–H and O–H groups in total. The fourth-order valence-corrected chi connectivity index (χ4v) is 0.853. The topological polar surface area (TPSA) is 74.3 Å². The van der Waals surface area contributed by atoms with Crippen molar-refractivity contribution in [1.82, 2.24) is 0 Å². The minimum absolute atomic E-state index is 0.223. The van der Waals surface area contributed by atoms with Gasteiger partial charge in [0.2, 0.25) is 0 Å². The molecule has 1 unspecified atom stereocenters. The van der Waals surface area contributed by atoms with Crippen LogP contribution in [-0.4, -0.2) is 31.8 Å². The molecule has 0 amide bonds. The second kappa shape index (κ2) is 3.14. The quantitative estimate of drug-likeness (QED) is 0.575. The number of hydrogen-bond donors (Lipinski definition) is 1. The zero-order chi connectivity index (χ0) is 7.49. The molecular weight excluding hydrogens is 144 g/mol. The number of sulfone groups is 1. The largest absolute Gasteiger partial charge is 0.396 e.